The van der Waals surface area contributed by atoms with Crippen LogP contribution in [0.3, 0.4) is 0 Å². The van der Waals surface area contributed by atoms with E-state index >= 15 is 0 Å². The number of carboxylic acids is 1. The molecule has 1 aromatic rings. The Kier molecular flexibility index (Phi) is 4.80. The Morgan fingerprint density at radius 1 is 1.44 bits per heavy atom. The molecule has 0 fully saturated rings. The van der Waals surface area contributed by atoms with Gasteiger partial charge in [0.1, 0.15) is 5.82 Å². The Labute approximate surface area is 93.9 Å². The Bertz CT molecular complexity index is 381. The Hall–Kier alpha value is -2.09. The zero-order valence-corrected chi connectivity index (χ0v) is 8.81. The van der Waals surface area contributed by atoms with E-state index in [2.05, 4.69) is 21.2 Å². The molecule has 1 aromatic heterocycles. The van der Waals surface area contributed by atoms with Gasteiger partial charge >= 0.3 is 5.97 Å². The van der Waals surface area contributed by atoms with Crippen LogP contribution in [-0.4, -0.2) is 27.6 Å². The highest BCUT2D eigenvalue weighted by Gasteiger charge is 2.03. The third-order valence-electron chi connectivity index (χ3n) is 1.92. The lowest BCUT2D eigenvalue weighted by Gasteiger charge is -2.03. The molecule has 0 bridgehead atoms. The van der Waals surface area contributed by atoms with Gasteiger partial charge in [-0.25, -0.2) is 14.8 Å². The van der Waals surface area contributed by atoms with E-state index in [-0.39, 0.29) is 5.69 Å². The first-order valence-electron chi connectivity index (χ1n) is 4.96. The maximum Gasteiger partial charge on any atom is 0.356 e. The molecule has 0 aromatic carbocycles. The fraction of sp³-hybridized carbons (Fsp3) is 0.364. The minimum absolute atomic E-state index is 0.0575. The molecule has 0 amide bonds. The summed E-state index contributed by atoms with van der Waals surface area (Å²) in [6, 6.07) is 0. The van der Waals surface area contributed by atoms with Gasteiger partial charge in [0.25, 0.3) is 0 Å². The minimum Gasteiger partial charge on any atom is -0.476 e. The Balaban J connectivity index is 2.33. The molecule has 5 heteroatoms. The molecule has 2 N–H and O–H groups in total. The second-order valence-corrected chi connectivity index (χ2v) is 3.18. The third-order valence-corrected chi connectivity index (χ3v) is 1.92. The number of aromatic carboxylic acids is 1. The minimum atomic E-state index is -1.08. The molecule has 0 atom stereocenters. The molecule has 0 aliphatic rings. The molecular weight excluding hydrogens is 206 g/mol. The van der Waals surface area contributed by atoms with E-state index in [9.17, 15) is 4.79 Å². The van der Waals surface area contributed by atoms with E-state index in [0.717, 1.165) is 25.8 Å². The summed E-state index contributed by atoms with van der Waals surface area (Å²) >= 11 is 0. The van der Waals surface area contributed by atoms with E-state index in [0.29, 0.717) is 5.82 Å². The van der Waals surface area contributed by atoms with Crippen molar-refractivity contribution in [2.75, 3.05) is 11.9 Å². The monoisotopic (exact) mass is 219 g/mol. The second kappa shape index (κ2) is 6.40. The van der Waals surface area contributed by atoms with E-state index < -0.39 is 5.97 Å². The predicted molar refractivity (Wildman–Crippen MR) is 60.2 cm³/mol. The van der Waals surface area contributed by atoms with Gasteiger partial charge in [0.2, 0.25) is 0 Å². The fourth-order valence-corrected chi connectivity index (χ4v) is 1.10. The molecule has 16 heavy (non-hydrogen) atoms. The van der Waals surface area contributed by atoms with Crippen molar-refractivity contribution >= 4 is 11.8 Å². The molecule has 0 aliphatic carbocycles. The van der Waals surface area contributed by atoms with Crippen molar-refractivity contribution in [1.29, 1.82) is 0 Å². The topological polar surface area (TPSA) is 75.1 Å². The summed E-state index contributed by atoms with van der Waals surface area (Å²) in [5, 5.41) is 11.6. The van der Waals surface area contributed by atoms with Crippen molar-refractivity contribution in [3.05, 3.63) is 18.1 Å². The lowest BCUT2D eigenvalue weighted by atomic mass is 10.2. The highest BCUT2D eigenvalue weighted by Crippen LogP contribution is 2.02. The van der Waals surface area contributed by atoms with Crippen LogP contribution in [-0.2, 0) is 0 Å². The third kappa shape index (κ3) is 3.96. The summed E-state index contributed by atoms with van der Waals surface area (Å²) in [7, 11) is 0. The number of hydrogen-bond donors (Lipinski definition) is 2. The molecular formula is C11H13N3O2. The van der Waals surface area contributed by atoms with Crippen molar-refractivity contribution in [1.82, 2.24) is 9.97 Å². The fourth-order valence-electron chi connectivity index (χ4n) is 1.10. The normalized spacial score (nSPS) is 9.44. The van der Waals surface area contributed by atoms with Crippen LogP contribution in [0.4, 0.5) is 5.82 Å². The zero-order chi connectivity index (χ0) is 11.8. The van der Waals surface area contributed by atoms with Crippen LogP contribution < -0.4 is 5.32 Å². The smallest absolute Gasteiger partial charge is 0.356 e. The summed E-state index contributed by atoms with van der Waals surface area (Å²) in [6.07, 6.45) is 10.4. The maximum absolute atomic E-state index is 10.5. The average molecular weight is 219 g/mol. The number of nitrogens with one attached hydrogen (secondary N) is 1. The van der Waals surface area contributed by atoms with Crippen LogP contribution in [0.2, 0.25) is 0 Å². The number of anilines is 1. The predicted octanol–water partition coefficient (Wildman–Crippen LogP) is 1.39. The van der Waals surface area contributed by atoms with Gasteiger partial charge in [0, 0.05) is 13.0 Å². The van der Waals surface area contributed by atoms with Gasteiger partial charge < -0.3 is 10.4 Å². The number of aromatic nitrogens is 2. The maximum atomic E-state index is 10.5. The standard InChI is InChI=1S/C11H13N3O2/c1-2-3-4-5-6-12-10-8-13-9(7-14-10)11(15)16/h1,7-8H,3-6H2,(H,12,14)(H,15,16). The summed E-state index contributed by atoms with van der Waals surface area (Å²) < 4.78 is 0. The van der Waals surface area contributed by atoms with Crippen LogP contribution in [0.25, 0.3) is 0 Å². The zero-order valence-electron chi connectivity index (χ0n) is 8.81. The summed E-state index contributed by atoms with van der Waals surface area (Å²) in [4.78, 5) is 18.2. The van der Waals surface area contributed by atoms with E-state index in [4.69, 9.17) is 11.5 Å². The van der Waals surface area contributed by atoms with E-state index in [1.807, 2.05) is 0 Å². The van der Waals surface area contributed by atoms with Crippen molar-refractivity contribution in [2.24, 2.45) is 0 Å². The SMILES string of the molecule is C#CCCCCNc1cnc(C(=O)O)cn1. The molecule has 1 heterocycles. The highest BCUT2D eigenvalue weighted by molar-refractivity contribution is 5.84. The molecule has 1 rings (SSSR count). The first-order chi connectivity index (χ1) is 7.74. The van der Waals surface area contributed by atoms with Gasteiger partial charge in [-0.15, -0.1) is 12.3 Å². The molecule has 0 spiro atoms. The summed E-state index contributed by atoms with van der Waals surface area (Å²) in [5.74, 6) is 2.06. The first-order valence-corrected chi connectivity index (χ1v) is 4.96. The molecule has 5 nitrogen and oxygen atoms in total. The molecule has 0 unspecified atom stereocenters. The van der Waals surface area contributed by atoms with E-state index in [1.54, 1.807) is 0 Å². The van der Waals surface area contributed by atoms with Crippen LogP contribution >= 0.6 is 0 Å². The van der Waals surface area contributed by atoms with E-state index in [1.165, 1.54) is 12.4 Å². The lowest BCUT2D eigenvalue weighted by molar-refractivity contribution is 0.0690. The Morgan fingerprint density at radius 3 is 2.81 bits per heavy atom. The average Bonchev–Trinajstić information content (AvgIpc) is 2.29. The van der Waals surface area contributed by atoms with Crippen LogP contribution in [0.5, 0.6) is 0 Å². The number of carbonyl (C=O) groups is 1. The molecule has 84 valence electrons. The van der Waals surface area contributed by atoms with Crippen molar-refractivity contribution < 1.29 is 9.90 Å². The highest BCUT2D eigenvalue weighted by atomic mass is 16.4. The molecule has 0 saturated heterocycles. The quantitative estimate of drug-likeness (QED) is 0.558. The number of carboxylic acid groups (broad SMARTS) is 1. The number of rotatable bonds is 6. The number of terminal acetylenes is 1. The molecule has 0 saturated carbocycles. The molecule has 0 radical (unpaired) electrons. The van der Waals surface area contributed by atoms with Crippen LogP contribution in [0.15, 0.2) is 12.4 Å². The summed E-state index contributed by atoms with van der Waals surface area (Å²) in [6.45, 7) is 0.753. The van der Waals surface area contributed by atoms with Gasteiger partial charge in [-0.05, 0) is 12.8 Å². The van der Waals surface area contributed by atoms with Gasteiger partial charge in [-0.2, -0.15) is 0 Å². The first kappa shape index (κ1) is 12.0. The Morgan fingerprint density at radius 2 is 2.25 bits per heavy atom. The number of hydrogen-bond acceptors (Lipinski definition) is 4. The number of unbranched alkanes of at least 4 members (excludes halogenated alkanes) is 2. The summed E-state index contributed by atoms with van der Waals surface area (Å²) in [5.41, 5.74) is -0.0575. The van der Waals surface area contributed by atoms with Crippen molar-refractivity contribution in [2.45, 2.75) is 19.3 Å². The van der Waals surface area contributed by atoms with Crippen molar-refractivity contribution in [3.8, 4) is 12.3 Å². The van der Waals surface area contributed by atoms with Crippen molar-refractivity contribution in [3.63, 3.8) is 0 Å². The largest absolute Gasteiger partial charge is 0.476 e. The second-order valence-electron chi connectivity index (χ2n) is 3.18. The lowest BCUT2D eigenvalue weighted by Crippen LogP contribution is -2.06. The van der Waals surface area contributed by atoms with Gasteiger partial charge in [0.05, 0.1) is 12.4 Å². The number of nitrogens with zero attached hydrogens (tertiary/aromatic N) is 2. The van der Waals surface area contributed by atoms with Crippen LogP contribution in [0, 0.1) is 12.3 Å². The van der Waals surface area contributed by atoms with Crippen LogP contribution in [0.1, 0.15) is 29.8 Å². The van der Waals surface area contributed by atoms with Gasteiger partial charge in [-0.3, -0.25) is 0 Å². The molecule has 0 aliphatic heterocycles. The van der Waals surface area contributed by atoms with Gasteiger partial charge in [0.15, 0.2) is 5.69 Å². The van der Waals surface area contributed by atoms with Gasteiger partial charge in [-0.1, -0.05) is 0 Å².